The number of rotatable bonds is 5. The van der Waals surface area contributed by atoms with Gasteiger partial charge in [-0.2, -0.15) is 0 Å². The first-order chi connectivity index (χ1) is 13.6. The lowest BCUT2D eigenvalue weighted by atomic mass is 10.2. The standard InChI is InChI=1S/C21H21N3O3S/c1-14-22-17-12-15(8-9-18(17)27-14)23-21(26)16-6-2-3-7-19(16)28-13-20(25)24-10-4-5-11-24/h2-3,6-9,12H,4-5,10-11,13H2,1H3,(H,23,26). The summed E-state index contributed by atoms with van der Waals surface area (Å²) in [6.07, 6.45) is 2.15. The minimum absolute atomic E-state index is 0.129. The highest BCUT2D eigenvalue weighted by Crippen LogP contribution is 2.25. The van der Waals surface area contributed by atoms with E-state index < -0.39 is 0 Å². The molecule has 2 amide bonds. The largest absolute Gasteiger partial charge is 0.441 e. The highest BCUT2D eigenvalue weighted by molar-refractivity contribution is 8.00. The smallest absolute Gasteiger partial charge is 0.256 e. The third-order valence-corrected chi connectivity index (χ3v) is 5.75. The molecule has 3 aromatic rings. The fourth-order valence-electron chi connectivity index (χ4n) is 3.30. The lowest BCUT2D eigenvalue weighted by Gasteiger charge is -2.15. The molecule has 1 N–H and O–H groups in total. The molecule has 0 saturated carbocycles. The van der Waals surface area contributed by atoms with Crippen molar-refractivity contribution in [2.45, 2.75) is 24.7 Å². The van der Waals surface area contributed by atoms with Crippen LogP contribution in [-0.4, -0.2) is 40.5 Å². The van der Waals surface area contributed by atoms with E-state index in [9.17, 15) is 9.59 Å². The van der Waals surface area contributed by atoms with Crippen LogP contribution in [0.2, 0.25) is 0 Å². The van der Waals surface area contributed by atoms with Crippen molar-refractivity contribution in [1.29, 1.82) is 0 Å². The Morgan fingerprint density at radius 3 is 2.79 bits per heavy atom. The van der Waals surface area contributed by atoms with E-state index >= 15 is 0 Å². The molecule has 2 heterocycles. The molecular formula is C21H21N3O3S. The van der Waals surface area contributed by atoms with Crippen LogP contribution in [0, 0.1) is 6.92 Å². The summed E-state index contributed by atoms with van der Waals surface area (Å²) in [5, 5.41) is 2.91. The molecule has 1 aromatic heterocycles. The first-order valence-electron chi connectivity index (χ1n) is 9.28. The molecule has 1 saturated heterocycles. The molecule has 7 heteroatoms. The average molecular weight is 395 g/mol. The summed E-state index contributed by atoms with van der Waals surface area (Å²) in [5.41, 5.74) is 2.60. The van der Waals surface area contributed by atoms with Gasteiger partial charge in [-0.15, -0.1) is 11.8 Å². The number of nitrogens with one attached hydrogen (secondary N) is 1. The molecule has 28 heavy (non-hydrogen) atoms. The third-order valence-electron chi connectivity index (χ3n) is 4.69. The van der Waals surface area contributed by atoms with Crippen molar-refractivity contribution in [2.24, 2.45) is 0 Å². The van der Waals surface area contributed by atoms with Crippen LogP contribution in [0.15, 0.2) is 51.8 Å². The quantitative estimate of drug-likeness (QED) is 0.658. The average Bonchev–Trinajstić information content (AvgIpc) is 3.35. The SMILES string of the molecule is Cc1nc2cc(NC(=O)c3ccccc3SCC(=O)N3CCCC3)ccc2o1. The van der Waals surface area contributed by atoms with E-state index in [0.717, 1.165) is 30.8 Å². The van der Waals surface area contributed by atoms with Crippen LogP contribution in [0.1, 0.15) is 29.1 Å². The second-order valence-corrected chi connectivity index (χ2v) is 7.76. The normalized spacial score (nSPS) is 13.8. The molecule has 144 valence electrons. The minimum Gasteiger partial charge on any atom is -0.441 e. The van der Waals surface area contributed by atoms with Crippen LogP contribution < -0.4 is 5.32 Å². The van der Waals surface area contributed by atoms with Crippen molar-refractivity contribution < 1.29 is 14.0 Å². The van der Waals surface area contributed by atoms with Crippen LogP contribution >= 0.6 is 11.8 Å². The number of nitrogens with zero attached hydrogens (tertiary/aromatic N) is 2. The van der Waals surface area contributed by atoms with E-state index in [-0.39, 0.29) is 11.8 Å². The Hall–Kier alpha value is -2.80. The number of thioether (sulfide) groups is 1. The van der Waals surface area contributed by atoms with Gasteiger partial charge in [-0.1, -0.05) is 12.1 Å². The Morgan fingerprint density at radius 2 is 1.96 bits per heavy atom. The van der Waals surface area contributed by atoms with Gasteiger partial charge in [0.2, 0.25) is 5.91 Å². The maximum atomic E-state index is 12.8. The first kappa shape index (κ1) is 18.6. The zero-order valence-electron chi connectivity index (χ0n) is 15.6. The number of anilines is 1. The van der Waals surface area contributed by atoms with Gasteiger partial charge in [-0.25, -0.2) is 4.98 Å². The number of hydrogen-bond donors (Lipinski definition) is 1. The molecule has 0 bridgehead atoms. The van der Waals surface area contributed by atoms with Gasteiger partial charge in [-0.05, 0) is 43.2 Å². The van der Waals surface area contributed by atoms with Gasteiger partial charge in [0.1, 0.15) is 5.52 Å². The molecule has 0 spiro atoms. The summed E-state index contributed by atoms with van der Waals surface area (Å²) < 4.78 is 5.47. The Morgan fingerprint density at radius 1 is 1.18 bits per heavy atom. The lowest BCUT2D eigenvalue weighted by molar-refractivity contribution is -0.127. The highest BCUT2D eigenvalue weighted by Gasteiger charge is 2.19. The molecule has 4 rings (SSSR count). The number of amides is 2. The van der Waals surface area contributed by atoms with Crippen LogP contribution in [0.25, 0.3) is 11.1 Å². The van der Waals surface area contributed by atoms with E-state index in [1.807, 2.05) is 23.1 Å². The molecule has 6 nitrogen and oxygen atoms in total. The maximum Gasteiger partial charge on any atom is 0.256 e. The van der Waals surface area contributed by atoms with Crippen molar-refractivity contribution in [3.63, 3.8) is 0 Å². The second kappa shape index (κ2) is 8.06. The molecule has 1 aliphatic heterocycles. The van der Waals surface area contributed by atoms with Crippen molar-refractivity contribution in [1.82, 2.24) is 9.88 Å². The predicted octanol–water partition coefficient (Wildman–Crippen LogP) is 4.10. The van der Waals surface area contributed by atoms with E-state index in [0.29, 0.717) is 34.0 Å². The Bertz CT molecular complexity index is 1020. The number of hydrogen-bond acceptors (Lipinski definition) is 5. The molecule has 1 aliphatic rings. The number of aromatic nitrogens is 1. The Labute approximate surface area is 167 Å². The van der Waals surface area contributed by atoms with Crippen molar-refractivity contribution in [3.8, 4) is 0 Å². The fraction of sp³-hybridized carbons (Fsp3) is 0.286. The van der Waals surface area contributed by atoms with Crippen molar-refractivity contribution >= 4 is 40.4 Å². The molecule has 0 aliphatic carbocycles. The summed E-state index contributed by atoms with van der Waals surface area (Å²) in [5.74, 6) is 0.845. The summed E-state index contributed by atoms with van der Waals surface area (Å²) in [4.78, 5) is 32.1. The topological polar surface area (TPSA) is 75.4 Å². The van der Waals surface area contributed by atoms with E-state index in [1.165, 1.54) is 11.8 Å². The second-order valence-electron chi connectivity index (χ2n) is 6.74. The molecule has 0 unspecified atom stereocenters. The predicted molar refractivity (Wildman–Crippen MR) is 110 cm³/mol. The summed E-state index contributed by atoms with van der Waals surface area (Å²) in [7, 11) is 0. The number of oxazole rings is 1. The monoisotopic (exact) mass is 395 g/mol. The molecule has 0 radical (unpaired) electrons. The van der Waals surface area contributed by atoms with E-state index in [4.69, 9.17) is 4.42 Å². The minimum atomic E-state index is -0.212. The van der Waals surface area contributed by atoms with Gasteiger partial charge in [-0.3, -0.25) is 9.59 Å². The van der Waals surface area contributed by atoms with Gasteiger partial charge < -0.3 is 14.6 Å². The molecular weight excluding hydrogens is 374 g/mol. The number of carbonyl (C=O) groups is 2. The van der Waals surface area contributed by atoms with Gasteiger partial charge in [0, 0.05) is 30.6 Å². The van der Waals surface area contributed by atoms with E-state index in [2.05, 4.69) is 10.3 Å². The maximum absolute atomic E-state index is 12.8. The summed E-state index contributed by atoms with van der Waals surface area (Å²) in [6, 6.07) is 12.7. The third kappa shape index (κ3) is 4.04. The Balaban J connectivity index is 1.46. The molecule has 0 atom stereocenters. The number of aryl methyl sites for hydroxylation is 1. The van der Waals surface area contributed by atoms with Gasteiger partial charge >= 0.3 is 0 Å². The zero-order valence-corrected chi connectivity index (χ0v) is 16.4. The fourth-order valence-corrected chi connectivity index (χ4v) is 4.25. The van der Waals surface area contributed by atoms with Gasteiger partial charge in [0.15, 0.2) is 11.5 Å². The van der Waals surface area contributed by atoms with Crippen LogP contribution in [0.5, 0.6) is 0 Å². The zero-order chi connectivity index (χ0) is 19.5. The lowest BCUT2D eigenvalue weighted by Crippen LogP contribution is -2.29. The number of likely N-dealkylation sites (tertiary alicyclic amines) is 1. The van der Waals surface area contributed by atoms with E-state index in [1.54, 1.807) is 31.2 Å². The summed E-state index contributed by atoms with van der Waals surface area (Å²) >= 11 is 1.41. The van der Waals surface area contributed by atoms with Crippen molar-refractivity contribution in [3.05, 3.63) is 53.9 Å². The highest BCUT2D eigenvalue weighted by atomic mass is 32.2. The van der Waals surface area contributed by atoms with Crippen LogP contribution in [0.3, 0.4) is 0 Å². The Kier molecular flexibility index (Phi) is 5.34. The number of fused-ring (bicyclic) bond motifs is 1. The van der Waals surface area contributed by atoms with Crippen LogP contribution in [-0.2, 0) is 4.79 Å². The number of benzene rings is 2. The number of carbonyl (C=O) groups excluding carboxylic acids is 2. The van der Waals surface area contributed by atoms with Gasteiger partial charge in [0.05, 0.1) is 11.3 Å². The van der Waals surface area contributed by atoms with Crippen molar-refractivity contribution in [2.75, 3.05) is 24.2 Å². The molecule has 2 aromatic carbocycles. The summed E-state index contributed by atoms with van der Waals surface area (Å²) in [6.45, 7) is 3.46. The molecule has 1 fully saturated rings. The first-order valence-corrected chi connectivity index (χ1v) is 10.3. The van der Waals surface area contributed by atoms with Gasteiger partial charge in [0.25, 0.3) is 5.91 Å². The van der Waals surface area contributed by atoms with Crippen LogP contribution in [0.4, 0.5) is 5.69 Å².